The van der Waals surface area contributed by atoms with Crippen molar-refractivity contribution in [2.75, 3.05) is 7.11 Å². The topological polar surface area (TPSA) is 69.7 Å². The van der Waals surface area contributed by atoms with Gasteiger partial charge in [0.25, 0.3) is 0 Å². The highest BCUT2D eigenvalue weighted by Crippen LogP contribution is 2.58. The Morgan fingerprint density at radius 1 is 1.02 bits per heavy atom. The summed E-state index contributed by atoms with van der Waals surface area (Å²) in [4.78, 5) is 42.5. The summed E-state index contributed by atoms with van der Waals surface area (Å²) in [6.45, 7) is 23.0. The van der Waals surface area contributed by atoms with Crippen LogP contribution >= 0.6 is 0 Å². The smallest absolute Gasteiger partial charge is 0.140 e. The summed E-state index contributed by atoms with van der Waals surface area (Å²) in [6, 6.07) is 10.4. The van der Waals surface area contributed by atoms with Crippen LogP contribution in [0.1, 0.15) is 130 Å². The van der Waals surface area contributed by atoms with Gasteiger partial charge in [-0.15, -0.1) is 6.58 Å². The van der Waals surface area contributed by atoms with Crippen molar-refractivity contribution in [1.82, 2.24) is 0 Å². The summed E-state index contributed by atoms with van der Waals surface area (Å²) < 4.78 is 12.6. The van der Waals surface area contributed by atoms with Gasteiger partial charge in [0.05, 0.1) is 7.11 Å². The van der Waals surface area contributed by atoms with Gasteiger partial charge in [-0.1, -0.05) is 108 Å². The molecule has 0 heterocycles. The molecule has 6 unspecified atom stereocenters. The van der Waals surface area contributed by atoms with Crippen LogP contribution in [0.4, 0.5) is 0 Å². The van der Waals surface area contributed by atoms with Crippen molar-refractivity contribution in [3.8, 4) is 11.5 Å². The van der Waals surface area contributed by atoms with Crippen LogP contribution in [0.25, 0.3) is 16.3 Å². The third-order valence-electron chi connectivity index (χ3n) is 13.6. The highest BCUT2D eigenvalue weighted by Gasteiger charge is 2.59. The van der Waals surface area contributed by atoms with Crippen molar-refractivity contribution in [3.05, 3.63) is 90.6 Å². The highest BCUT2D eigenvalue weighted by atomic mass is 16.5. The Morgan fingerprint density at radius 3 is 2.39 bits per heavy atom. The van der Waals surface area contributed by atoms with E-state index in [0.29, 0.717) is 31.6 Å². The van der Waals surface area contributed by atoms with Gasteiger partial charge >= 0.3 is 0 Å². The molecule has 3 saturated carbocycles. The number of allylic oxidation sites excluding steroid dienone is 7. The van der Waals surface area contributed by atoms with Gasteiger partial charge in [-0.2, -0.15) is 0 Å². The van der Waals surface area contributed by atoms with Gasteiger partial charge in [0.15, 0.2) is 0 Å². The lowest BCUT2D eigenvalue weighted by molar-refractivity contribution is -0.137. The van der Waals surface area contributed by atoms with E-state index in [1.54, 1.807) is 14.0 Å². The average molecular weight is 759 g/mol. The average Bonchev–Trinajstić information content (AvgIpc) is 3.56. The van der Waals surface area contributed by atoms with Gasteiger partial charge in [-0.25, -0.2) is 0 Å². The lowest BCUT2D eigenvalue weighted by Crippen LogP contribution is -2.37. The summed E-state index contributed by atoms with van der Waals surface area (Å²) in [5.41, 5.74) is 5.00. The molecular weight excluding hydrogens is 693 g/mol. The Labute approximate surface area is 336 Å². The summed E-state index contributed by atoms with van der Waals surface area (Å²) in [7, 11) is 1.68. The van der Waals surface area contributed by atoms with E-state index < -0.39 is 17.3 Å². The van der Waals surface area contributed by atoms with Crippen molar-refractivity contribution < 1.29 is 23.9 Å². The molecule has 2 aromatic rings. The molecule has 0 spiro atoms. The quantitative estimate of drug-likeness (QED) is 0.133. The van der Waals surface area contributed by atoms with Crippen molar-refractivity contribution in [2.45, 2.75) is 131 Å². The maximum Gasteiger partial charge on any atom is 0.140 e. The van der Waals surface area contributed by atoms with Crippen LogP contribution in [0.2, 0.25) is 0 Å². The first-order chi connectivity index (χ1) is 26.6. The van der Waals surface area contributed by atoms with E-state index in [4.69, 9.17) is 9.47 Å². The first kappa shape index (κ1) is 41.6. The molecule has 0 aliphatic heterocycles. The number of methoxy groups -OCH3 is 1. The van der Waals surface area contributed by atoms with Crippen LogP contribution in [0.5, 0.6) is 11.5 Å². The molecule has 0 bridgehead atoms. The zero-order valence-electron chi connectivity index (χ0n) is 35.1. The summed E-state index contributed by atoms with van der Waals surface area (Å²) in [6.07, 6.45) is 18.3. The second-order valence-electron chi connectivity index (χ2n) is 18.9. The molecule has 0 radical (unpaired) electrons. The molecule has 6 atom stereocenters. The number of rotatable bonds is 19. The zero-order chi connectivity index (χ0) is 40.4. The van der Waals surface area contributed by atoms with Crippen molar-refractivity contribution >= 4 is 33.7 Å². The molecule has 0 aromatic heterocycles. The lowest BCUT2D eigenvalue weighted by atomic mass is 9.69. The molecule has 5 heteroatoms. The van der Waals surface area contributed by atoms with Crippen LogP contribution in [0.3, 0.4) is 0 Å². The fourth-order valence-corrected chi connectivity index (χ4v) is 10.2. The fraction of sp³-hybridized carbons (Fsp3) is 0.549. The SMILES string of the molecule is C=CC1CC1(CC(=O)C1CC(Oc2cc(C3=CCC(CC(=C)CCC)=C3)cc3cc(OC)ccc23)CC1C(=O)C(CC(=C)CC1CCCC1)C(C)(C)C)C(C)=O. The zero-order valence-corrected chi connectivity index (χ0v) is 35.1. The van der Waals surface area contributed by atoms with E-state index in [0.717, 1.165) is 71.1 Å². The van der Waals surface area contributed by atoms with Crippen molar-refractivity contribution in [2.24, 2.45) is 40.4 Å². The number of Topliss-reactive ketones (excluding diaryl/α,β-unsaturated/α-hetero) is 3. The van der Waals surface area contributed by atoms with Crippen molar-refractivity contribution in [1.29, 1.82) is 0 Å². The van der Waals surface area contributed by atoms with E-state index >= 15 is 4.79 Å². The predicted molar refractivity (Wildman–Crippen MR) is 230 cm³/mol. The summed E-state index contributed by atoms with van der Waals surface area (Å²) in [5.74, 6) is 1.08. The lowest BCUT2D eigenvalue weighted by Gasteiger charge is -2.34. The molecule has 3 fully saturated rings. The number of carbonyl (C=O) groups excluding carboxylic acids is 3. The predicted octanol–water partition coefficient (Wildman–Crippen LogP) is 12.6. The first-order valence-electron chi connectivity index (χ1n) is 21.4. The first-order valence-corrected chi connectivity index (χ1v) is 21.4. The molecule has 6 rings (SSSR count). The second-order valence-corrected chi connectivity index (χ2v) is 18.9. The Hall–Kier alpha value is -3.99. The van der Waals surface area contributed by atoms with Gasteiger partial charge in [0, 0.05) is 35.0 Å². The standard InChI is InChI=1S/C51H66O5/c1-10-14-32(3)21-36-17-18-37(24-36)38-25-39-26-41(55-9)19-20-43(39)48(27-38)56-42-28-44(47(53)31-51(34(5)52)30-40(51)11-2)45(29-42)49(54)46(50(6,7)8)23-33(4)22-35-15-12-13-16-35/h11,18-20,24-27,35,40,42,44-46H,2-4,10,12-17,21-23,28-31H2,1,5-9H3. The molecule has 0 saturated heterocycles. The molecule has 2 aromatic carbocycles. The Bertz CT molecular complexity index is 1930. The molecular formula is C51H66O5. The minimum Gasteiger partial charge on any atom is -0.497 e. The molecule has 4 aliphatic carbocycles. The molecule has 0 amide bonds. The fourth-order valence-electron chi connectivity index (χ4n) is 10.2. The van der Waals surface area contributed by atoms with E-state index in [1.807, 2.05) is 24.3 Å². The number of hydrogen-bond donors (Lipinski definition) is 0. The third kappa shape index (κ3) is 9.24. The largest absolute Gasteiger partial charge is 0.497 e. The van der Waals surface area contributed by atoms with Crippen LogP contribution in [-0.2, 0) is 14.4 Å². The molecule has 0 N–H and O–H groups in total. The minimum absolute atomic E-state index is 0.00283. The molecule has 4 aliphatic rings. The number of benzene rings is 2. The van der Waals surface area contributed by atoms with Crippen LogP contribution in [0, 0.1) is 40.4 Å². The number of hydrogen-bond acceptors (Lipinski definition) is 5. The number of fused-ring (bicyclic) bond motifs is 1. The van der Waals surface area contributed by atoms with Gasteiger partial charge in [-0.3, -0.25) is 14.4 Å². The normalized spacial score (nSPS) is 25.4. The number of ether oxygens (including phenoxy) is 2. The van der Waals surface area contributed by atoms with Crippen LogP contribution in [0.15, 0.2) is 85.0 Å². The Morgan fingerprint density at radius 2 is 1.75 bits per heavy atom. The van der Waals surface area contributed by atoms with Gasteiger partial charge in [-0.05, 0) is 122 Å². The van der Waals surface area contributed by atoms with Gasteiger partial charge in [0.2, 0.25) is 0 Å². The van der Waals surface area contributed by atoms with Crippen LogP contribution in [-0.4, -0.2) is 30.6 Å². The number of ketones is 3. The van der Waals surface area contributed by atoms with Crippen LogP contribution < -0.4 is 9.47 Å². The highest BCUT2D eigenvalue weighted by molar-refractivity contribution is 5.97. The second kappa shape index (κ2) is 17.2. The maximum atomic E-state index is 15.0. The van der Waals surface area contributed by atoms with Crippen molar-refractivity contribution in [3.63, 3.8) is 0 Å². The molecule has 300 valence electrons. The Balaban J connectivity index is 1.31. The van der Waals surface area contributed by atoms with E-state index in [1.165, 1.54) is 36.8 Å². The summed E-state index contributed by atoms with van der Waals surface area (Å²) in [5, 5.41) is 1.97. The van der Waals surface area contributed by atoms with E-state index in [2.05, 4.69) is 71.7 Å². The van der Waals surface area contributed by atoms with E-state index in [9.17, 15) is 9.59 Å². The molecule has 56 heavy (non-hydrogen) atoms. The van der Waals surface area contributed by atoms with Gasteiger partial charge in [0.1, 0.15) is 35.0 Å². The van der Waals surface area contributed by atoms with E-state index in [-0.39, 0.29) is 47.1 Å². The van der Waals surface area contributed by atoms with Gasteiger partial charge < -0.3 is 9.47 Å². The molecule has 5 nitrogen and oxygen atoms in total. The Kier molecular flexibility index (Phi) is 12.8. The monoisotopic (exact) mass is 758 g/mol. The maximum absolute atomic E-state index is 15.0. The summed E-state index contributed by atoms with van der Waals surface area (Å²) >= 11 is 0. The number of carbonyl (C=O) groups is 3. The third-order valence-corrected chi connectivity index (χ3v) is 13.6. The minimum atomic E-state index is -0.696.